The number of nitrogens with zero attached hydrogens (tertiary/aromatic N) is 3. The molecule has 0 radical (unpaired) electrons. The Labute approximate surface area is 214 Å². The van der Waals surface area contributed by atoms with Gasteiger partial charge in [-0.05, 0) is 73.2 Å². The predicted molar refractivity (Wildman–Crippen MR) is 145 cm³/mol. The molecule has 188 valence electrons. The van der Waals surface area contributed by atoms with Crippen LogP contribution in [0.4, 0.5) is 15.9 Å². The maximum Gasteiger partial charge on any atom is 0.169 e. The quantitative estimate of drug-likeness (QED) is 0.246. The molecule has 5 rings (SSSR count). The number of fused-ring (bicyclic) bond motifs is 1. The average Bonchev–Trinajstić information content (AvgIpc) is 3.36. The van der Waals surface area contributed by atoms with Crippen LogP contribution in [0.15, 0.2) is 61.1 Å². The molecule has 0 saturated heterocycles. The van der Waals surface area contributed by atoms with Gasteiger partial charge in [-0.1, -0.05) is 13.0 Å². The third kappa shape index (κ3) is 4.58. The number of pyridine rings is 2. The van der Waals surface area contributed by atoms with Crippen molar-refractivity contribution >= 4 is 22.3 Å². The maximum atomic E-state index is 16.0. The summed E-state index contributed by atoms with van der Waals surface area (Å²) >= 11 is 0. The highest BCUT2D eigenvalue weighted by atomic mass is 19.1. The van der Waals surface area contributed by atoms with E-state index in [-0.39, 0.29) is 5.75 Å². The summed E-state index contributed by atoms with van der Waals surface area (Å²) in [7, 11) is 0. The van der Waals surface area contributed by atoms with Crippen molar-refractivity contribution in [2.24, 2.45) is 0 Å². The van der Waals surface area contributed by atoms with Gasteiger partial charge in [-0.25, -0.2) is 14.4 Å². The molecule has 2 aromatic carbocycles. The molecule has 8 heteroatoms. The van der Waals surface area contributed by atoms with E-state index < -0.39 is 11.7 Å². The molecular formula is C29H29FN6O. The van der Waals surface area contributed by atoms with Crippen molar-refractivity contribution in [3.05, 3.63) is 95.1 Å². The zero-order valence-electron chi connectivity index (χ0n) is 21.0. The monoisotopic (exact) mass is 496 g/mol. The van der Waals surface area contributed by atoms with Gasteiger partial charge in [0.2, 0.25) is 0 Å². The summed E-state index contributed by atoms with van der Waals surface area (Å²) in [5.41, 5.74) is 17.7. The van der Waals surface area contributed by atoms with E-state index in [0.29, 0.717) is 41.6 Å². The number of aryl methyl sites for hydroxylation is 2. The number of ether oxygens (including phenoxy) is 1. The van der Waals surface area contributed by atoms with E-state index in [1.165, 1.54) is 0 Å². The Kier molecular flexibility index (Phi) is 6.48. The maximum absolute atomic E-state index is 16.0. The van der Waals surface area contributed by atoms with E-state index in [2.05, 4.69) is 9.97 Å². The van der Waals surface area contributed by atoms with E-state index in [1.807, 2.05) is 51.1 Å². The first-order valence-corrected chi connectivity index (χ1v) is 12.3. The van der Waals surface area contributed by atoms with E-state index in [4.69, 9.17) is 26.2 Å². The zero-order chi connectivity index (χ0) is 26.1. The lowest BCUT2D eigenvalue weighted by atomic mass is 9.90. The molecule has 0 amide bonds. The Hall–Kier alpha value is -4.46. The van der Waals surface area contributed by atoms with Crippen molar-refractivity contribution in [1.82, 2.24) is 19.9 Å². The number of hydrogen-bond acceptors (Lipinski definition) is 6. The molecule has 37 heavy (non-hydrogen) atoms. The van der Waals surface area contributed by atoms with Crippen molar-refractivity contribution in [3.8, 4) is 17.0 Å². The molecule has 3 aromatic heterocycles. The lowest BCUT2D eigenvalue weighted by Crippen LogP contribution is -2.12. The molecule has 0 fully saturated rings. The number of aromatic amines is 1. The molecule has 0 saturated carbocycles. The van der Waals surface area contributed by atoms with E-state index >= 15 is 4.39 Å². The topological polar surface area (TPSA) is 116 Å². The first-order chi connectivity index (χ1) is 17.9. The van der Waals surface area contributed by atoms with Crippen LogP contribution in [0.1, 0.15) is 48.0 Å². The second-order valence-corrected chi connectivity index (χ2v) is 9.00. The molecule has 1 atom stereocenters. The number of anilines is 2. The highest BCUT2D eigenvalue weighted by Crippen LogP contribution is 2.38. The van der Waals surface area contributed by atoms with Gasteiger partial charge in [-0.2, -0.15) is 0 Å². The fraction of sp³-hybridized carbons (Fsp3) is 0.207. The van der Waals surface area contributed by atoms with Crippen LogP contribution in [0, 0.1) is 12.7 Å². The van der Waals surface area contributed by atoms with Crippen molar-refractivity contribution < 1.29 is 9.13 Å². The first-order valence-electron chi connectivity index (χ1n) is 12.3. The number of nitrogens with two attached hydrogens (primary N) is 2. The van der Waals surface area contributed by atoms with Gasteiger partial charge in [-0.15, -0.1) is 0 Å². The van der Waals surface area contributed by atoms with Crippen molar-refractivity contribution in [3.63, 3.8) is 0 Å². The molecule has 0 spiro atoms. The number of imidazole rings is 1. The summed E-state index contributed by atoms with van der Waals surface area (Å²) in [4.78, 5) is 17.1. The average molecular weight is 497 g/mol. The Balaban J connectivity index is 1.76. The molecule has 0 aliphatic heterocycles. The number of halogens is 1. The minimum atomic E-state index is -0.676. The van der Waals surface area contributed by atoms with Crippen molar-refractivity contribution in [2.75, 3.05) is 18.1 Å². The SMILES string of the molecule is CCOc1cc(CC)cc(C(c2cc3cc(N)ccc3c(N)n2)c2ncc(-c3cnccc3C)[nH]2)c1F. The lowest BCUT2D eigenvalue weighted by Gasteiger charge is -2.20. The molecule has 1 unspecified atom stereocenters. The third-order valence-electron chi connectivity index (χ3n) is 6.54. The lowest BCUT2D eigenvalue weighted by molar-refractivity contribution is 0.319. The summed E-state index contributed by atoms with van der Waals surface area (Å²) in [5, 5.41) is 1.60. The standard InChI is InChI=1S/C29H29FN6O/c1-4-17-10-21(27(30)25(11-17)37-5-2)26(23-13-18-12-19(31)6-7-20(18)28(32)35-23)29-34-15-24(36-29)22-14-33-9-8-16(22)3/h6-15,26H,4-5,31H2,1-3H3,(H2,32,35)(H,34,36). The zero-order valence-corrected chi connectivity index (χ0v) is 21.0. The Bertz CT molecular complexity index is 1600. The highest BCUT2D eigenvalue weighted by molar-refractivity contribution is 5.93. The second kappa shape index (κ2) is 9.89. The molecule has 0 aliphatic carbocycles. The van der Waals surface area contributed by atoms with Crippen LogP contribution in [0.2, 0.25) is 0 Å². The number of nitrogens with one attached hydrogen (secondary N) is 1. The van der Waals surface area contributed by atoms with E-state index in [0.717, 1.165) is 33.2 Å². The van der Waals surface area contributed by atoms with Gasteiger partial charge in [0.15, 0.2) is 11.6 Å². The van der Waals surface area contributed by atoms with Gasteiger partial charge in [0.05, 0.1) is 30.1 Å². The molecule has 5 aromatic rings. The van der Waals surface area contributed by atoms with Crippen molar-refractivity contribution in [2.45, 2.75) is 33.1 Å². The number of hydrogen-bond donors (Lipinski definition) is 3. The summed E-state index contributed by atoms with van der Waals surface area (Å²) in [6, 6.07) is 12.9. The minimum absolute atomic E-state index is 0.203. The Morgan fingerprint density at radius 1 is 1.05 bits per heavy atom. The normalized spacial score (nSPS) is 12.1. The molecule has 5 N–H and O–H groups in total. The Morgan fingerprint density at radius 3 is 2.65 bits per heavy atom. The summed E-state index contributed by atoms with van der Waals surface area (Å²) in [5.74, 6) is -0.0561. The van der Waals surface area contributed by atoms with Gasteiger partial charge in [0.1, 0.15) is 11.6 Å². The molecule has 0 bridgehead atoms. The van der Waals surface area contributed by atoms with E-state index in [9.17, 15) is 0 Å². The third-order valence-corrected chi connectivity index (χ3v) is 6.54. The second-order valence-electron chi connectivity index (χ2n) is 9.00. The molecule has 0 aliphatic rings. The smallest absolute Gasteiger partial charge is 0.169 e. The minimum Gasteiger partial charge on any atom is -0.491 e. The fourth-order valence-electron chi connectivity index (χ4n) is 4.64. The first kappa shape index (κ1) is 24.2. The van der Waals surface area contributed by atoms with Gasteiger partial charge in [0.25, 0.3) is 0 Å². The predicted octanol–water partition coefficient (Wildman–Crippen LogP) is 5.77. The summed E-state index contributed by atoms with van der Waals surface area (Å²) in [6.07, 6.45) is 5.97. The largest absolute Gasteiger partial charge is 0.491 e. The van der Waals surface area contributed by atoms with Crippen LogP contribution in [-0.4, -0.2) is 26.5 Å². The summed E-state index contributed by atoms with van der Waals surface area (Å²) in [6.45, 7) is 6.21. The van der Waals surface area contributed by atoms with Gasteiger partial charge >= 0.3 is 0 Å². The van der Waals surface area contributed by atoms with Crippen LogP contribution in [0.3, 0.4) is 0 Å². The number of benzene rings is 2. The Morgan fingerprint density at radius 2 is 1.89 bits per heavy atom. The van der Waals surface area contributed by atoms with Crippen LogP contribution < -0.4 is 16.2 Å². The number of aromatic nitrogens is 4. The fourth-order valence-corrected chi connectivity index (χ4v) is 4.64. The number of rotatable bonds is 7. The molecule has 7 nitrogen and oxygen atoms in total. The van der Waals surface area contributed by atoms with Crippen LogP contribution >= 0.6 is 0 Å². The summed E-state index contributed by atoms with van der Waals surface area (Å²) < 4.78 is 21.7. The number of H-pyrrole nitrogens is 1. The van der Waals surface area contributed by atoms with Crippen LogP contribution in [-0.2, 0) is 6.42 Å². The van der Waals surface area contributed by atoms with Crippen LogP contribution in [0.5, 0.6) is 5.75 Å². The highest BCUT2D eigenvalue weighted by Gasteiger charge is 2.28. The van der Waals surface area contributed by atoms with Gasteiger partial charge in [0, 0.05) is 34.6 Å². The van der Waals surface area contributed by atoms with E-state index in [1.54, 1.807) is 30.7 Å². The van der Waals surface area contributed by atoms with Gasteiger partial charge < -0.3 is 21.2 Å². The van der Waals surface area contributed by atoms with Gasteiger partial charge in [-0.3, -0.25) is 4.98 Å². The molecule has 3 heterocycles. The molecular weight excluding hydrogens is 467 g/mol. The van der Waals surface area contributed by atoms with Crippen LogP contribution in [0.25, 0.3) is 22.0 Å². The van der Waals surface area contributed by atoms with Crippen molar-refractivity contribution in [1.29, 1.82) is 0 Å². The number of nitrogen functional groups attached to an aromatic ring is 2.